The maximum absolute atomic E-state index is 12.1. The minimum absolute atomic E-state index is 0. The molecule has 8 heteroatoms. The molecular formula is C13H23BrN2O5. The van der Waals surface area contributed by atoms with Gasteiger partial charge in [-0.05, 0) is 32.4 Å². The standard InChI is InChI=1S/C13H22N2O5.BrH/c1-19-11(16)4-3-10(13(18)20-2)15-12(17)9-5-7-14-8-6-9;/h9-10,14H,3-8H2,1-2H3,(H,15,17);1H. The topological polar surface area (TPSA) is 93.7 Å². The third kappa shape index (κ3) is 6.90. The molecule has 0 aromatic carbocycles. The van der Waals surface area contributed by atoms with Gasteiger partial charge < -0.3 is 20.1 Å². The van der Waals surface area contributed by atoms with Crippen LogP contribution in [0.3, 0.4) is 0 Å². The summed E-state index contributed by atoms with van der Waals surface area (Å²) in [7, 11) is 2.53. The van der Waals surface area contributed by atoms with Crippen LogP contribution in [0.2, 0.25) is 0 Å². The van der Waals surface area contributed by atoms with E-state index in [0.717, 1.165) is 25.9 Å². The molecule has 2 N–H and O–H groups in total. The van der Waals surface area contributed by atoms with Crippen LogP contribution in [0.25, 0.3) is 0 Å². The first-order valence-corrected chi connectivity index (χ1v) is 6.74. The lowest BCUT2D eigenvalue weighted by atomic mass is 9.96. The molecule has 1 fully saturated rings. The van der Waals surface area contributed by atoms with Gasteiger partial charge in [0.25, 0.3) is 0 Å². The van der Waals surface area contributed by atoms with Gasteiger partial charge in [0.05, 0.1) is 14.2 Å². The summed E-state index contributed by atoms with van der Waals surface area (Å²) in [6.45, 7) is 1.59. The lowest BCUT2D eigenvalue weighted by Gasteiger charge is -2.24. The van der Waals surface area contributed by atoms with Crippen molar-refractivity contribution < 1.29 is 23.9 Å². The molecule has 1 unspecified atom stereocenters. The smallest absolute Gasteiger partial charge is 0.328 e. The van der Waals surface area contributed by atoms with Crippen molar-refractivity contribution in [1.82, 2.24) is 10.6 Å². The van der Waals surface area contributed by atoms with Crippen LogP contribution in [0.1, 0.15) is 25.7 Å². The van der Waals surface area contributed by atoms with E-state index in [4.69, 9.17) is 0 Å². The molecule has 1 amide bonds. The first-order valence-electron chi connectivity index (χ1n) is 6.74. The SMILES string of the molecule is Br.COC(=O)CCC(NC(=O)C1CCNCC1)C(=O)OC. The maximum atomic E-state index is 12.1. The Hall–Kier alpha value is -1.15. The van der Waals surface area contributed by atoms with Gasteiger partial charge >= 0.3 is 11.9 Å². The molecule has 1 aliphatic heterocycles. The molecule has 0 aliphatic carbocycles. The molecule has 1 rings (SSSR count). The zero-order valence-electron chi connectivity index (χ0n) is 12.3. The second-order valence-corrected chi connectivity index (χ2v) is 4.72. The highest BCUT2D eigenvalue weighted by molar-refractivity contribution is 8.93. The molecule has 1 atom stereocenters. The highest BCUT2D eigenvalue weighted by Gasteiger charge is 2.27. The van der Waals surface area contributed by atoms with Crippen molar-refractivity contribution in [2.24, 2.45) is 5.92 Å². The summed E-state index contributed by atoms with van der Waals surface area (Å²) < 4.78 is 9.17. The molecule has 0 aromatic heterocycles. The number of piperidine rings is 1. The minimum atomic E-state index is -0.804. The molecule has 1 aliphatic rings. The van der Waals surface area contributed by atoms with Crippen molar-refractivity contribution in [3.05, 3.63) is 0 Å². The highest BCUT2D eigenvalue weighted by Crippen LogP contribution is 2.12. The van der Waals surface area contributed by atoms with E-state index < -0.39 is 18.0 Å². The molecule has 1 saturated heterocycles. The number of methoxy groups -OCH3 is 2. The summed E-state index contributed by atoms with van der Waals surface area (Å²) >= 11 is 0. The molecule has 7 nitrogen and oxygen atoms in total. The number of nitrogens with one attached hydrogen (secondary N) is 2. The molecular weight excluding hydrogens is 344 g/mol. The second-order valence-electron chi connectivity index (χ2n) is 4.72. The molecule has 0 radical (unpaired) electrons. The monoisotopic (exact) mass is 366 g/mol. The zero-order chi connectivity index (χ0) is 15.0. The van der Waals surface area contributed by atoms with E-state index in [0.29, 0.717) is 0 Å². The summed E-state index contributed by atoms with van der Waals surface area (Å²) in [6.07, 6.45) is 1.73. The molecule has 1 heterocycles. The zero-order valence-corrected chi connectivity index (χ0v) is 14.1. The molecule has 0 saturated carbocycles. The number of carbonyl (C=O) groups is 3. The molecule has 21 heavy (non-hydrogen) atoms. The first kappa shape index (κ1) is 19.9. The van der Waals surface area contributed by atoms with E-state index in [1.807, 2.05) is 0 Å². The van der Waals surface area contributed by atoms with Crippen LogP contribution in [0.5, 0.6) is 0 Å². The predicted octanol–water partition coefficient (Wildman–Crippen LogP) is 0.175. The Morgan fingerprint density at radius 3 is 2.33 bits per heavy atom. The van der Waals surface area contributed by atoms with Gasteiger partial charge in [-0.2, -0.15) is 0 Å². The molecule has 122 valence electrons. The van der Waals surface area contributed by atoms with Crippen LogP contribution < -0.4 is 10.6 Å². The average Bonchev–Trinajstić information content (AvgIpc) is 2.50. The number of rotatable bonds is 6. The van der Waals surface area contributed by atoms with Gasteiger partial charge in [-0.1, -0.05) is 0 Å². The largest absolute Gasteiger partial charge is 0.469 e. The third-order valence-corrected chi connectivity index (χ3v) is 3.38. The van der Waals surface area contributed by atoms with Crippen molar-refractivity contribution >= 4 is 34.8 Å². The van der Waals surface area contributed by atoms with Gasteiger partial charge in [0.15, 0.2) is 0 Å². The Bertz CT molecular complexity index is 358. The Balaban J connectivity index is 0.00000400. The van der Waals surface area contributed by atoms with E-state index in [1.54, 1.807) is 0 Å². The van der Waals surface area contributed by atoms with Crippen LogP contribution in [-0.2, 0) is 23.9 Å². The minimum Gasteiger partial charge on any atom is -0.469 e. The van der Waals surface area contributed by atoms with Gasteiger partial charge in [0.1, 0.15) is 6.04 Å². The van der Waals surface area contributed by atoms with Crippen LogP contribution in [0.15, 0.2) is 0 Å². The lowest BCUT2D eigenvalue weighted by molar-refractivity contribution is -0.147. The van der Waals surface area contributed by atoms with Gasteiger partial charge in [0.2, 0.25) is 5.91 Å². The average molecular weight is 367 g/mol. The Morgan fingerprint density at radius 1 is 1.19 bits per heavy atom. The fraction of sp³-hybridized carbons (Fsp3) is 0.769. The quantitative estimate of drug-likeness (QED) is 0.651. The van der Waals surface area contributed by atoms with E-state index in [9.17, 15) is 14.4 Å². The predicted molar refractivity (Wildman–Crippen MR) is 81.1 cm³/mol. The van der Waals surface area contributed by atoms with Crippen molar-refractivity contribution in [2.45, 2.75) is 31.7 Å². The lowest BCUT2D eigenvalue weighted by Crippen LogP contribution is -2.46. The van der Waals surface area contributed by atoms with E-state index in [2.05, 4.69) is 20.1 Å². The number of ether oxygens (including phenoxy) is 2. The Labute approximate surface area is 134 Å². The van der Waals surface area contributed by atoms with Gasteiger partial charge in [-0.3, -0.25) is 9.59 Å². The summed E-state index contributed by atoms with van der Waals surface area (Å²) in [5.74, 6) is -1.22. The van der Waals surface area contributed by atoms with Gasteiger partial charge in [0, 0.05) is 12.3 Å². The highest BCUT2D eigenvalue weighted by atomic mass is 79.9. The Morgan fingerprint density at radius 2 is 1.81 bits per heavy atom. The summed E-state index contributed by atoms with van der Waals surface area (Å²) in [6, 6.07) is -0.804. The summed E-state index contributed by atoms with van der Waals surface area (Å²) in [5, 5.41) is 5.84. The van der Waals surface area contributed by atoms with E-state index in [1.165, 1.54) is 14.2 Å². The Kier molecular flexibility index (Phi) is 9.98. The normalized spacial score (nSPS) is 16.3. The van der Waals surface area contributed by atoms with Crippen molar-refractivity contribution in [3.8, 4) is 0 Å². The van der Waals surface area contributed by atoms with Crippen molar-refractivity contribution in [3.63, 3.8) is 0 Å². The van der Waals surface area contributed by atoms with Crippen LogP contribution >= 0.6 is 17.0 Å². The fourth-order valence-electron chi connectivity index (χ4n) is 2.13. The maximum Gasteiger partial charge on any atom is 0.328 e. The summed E-state index contributed by atoms with van der Waals surface area (Å²) in [5.41, 5.74) is 0. The number of hydrogen-bond donors (Lipinski definition) is 2. The second kappa shape index (κ2) is 10.6. The van der Waals surface area contributed by atoms with E-state index >= 15 is 0 Å². The van der Waals surface area contributed by atoms with Gasteiger partial charge in [-0.15, -0.1) is 17.0 Å². The molecule has 0 bridgehead atoms. The number of hydrogen-bond acceptors (Lipinski definition) is 6. The van der Waals surface area contributed by atoms with Crippen LogP contribution in [0, 0.1) is 5.92 Å². The number of amides is 1. The van der Waals surface area contributed by atoms with Crippen molar-refractivity contribution in [2.75, 3.05) is 27.3 Å². The number of halogens is 1. The molecule has 0 spiro atoms. The van der Waals surface area contributed by atoms with Crippen molar-refractivity contribution in [1.29, 1.82) is 0 Å². The third-order valence-electron chi connectivity index (χ3n) is 3.38. The number of carbonyl (C=O) groups excluding carboxylic acids is 3. The first-order chi connectivity index (χ1) is 9.58. The van der Waals surface area contributed by atoms with Gasteiger partial charge in [-0.25, -0.2) is 4.79 Å². The van der Waals surface area contributed by atoms with Crippen LogP contribution in [-0.4, -0.2) is 51.2 Å². The fourth-order valence-corrected chi connectivity index (χ4v) is 2.13. The molecule has 0 aromatic rings. The number of esters is 2. The summed E-state index contributed by atoms with van der Waals surface area (Å²) in [4.78, 5) is 34.8. The van der Waals surface area contributed by atoms with Crippen LogP contribution in [0.4, 0.5) is 0 Å². The van der Waals surface area contributed by atoms with E-state index in [-0.39, 0.29) is 41.6 Å².